The van der Waals surface area contributed by atoms with Crippen molar-refractivity contribution in [1.82, 2.24) is 4.98 Å². The number of aromatic nitrogens is 1. The molecule has 5 nitrogen and oxygen atoms in total. The maximum Gasteiger partial charge on any atom is 0.203 e. The maximum absolute atomic E-state index is 11.8. The molecule has 0 saturated heterocycles. The number of phenolic OH excluding ortho intramolecular Hbond substituents is 1. The van der Waals surface area contributed by atoms with Gasteiger partial charge < -0.3 is 19.4 Å². The van der Waals surface area contributed by atoms with Gasteiger partial charge in [0.2, 0.25) is 5.75 Å². The van der Waals surface area contributed by atoms with Gasteiger partial charge in [-0.3, -0.25) is 4.98 Å². The van der Waals surface area contributed by atoms with E-state index in [1.807, 2.05) is 0 Å². The third-order valence-corrected chi connectivity index (χ3v) is 4.78. The molecule has 7 heteroatoms. The van der Waals surface area contributed by atoms with E-state index in [1.165, 1.54) is 19.5 Å². The summed E-state index contributed by atoms with van der Waals surface area (Å²) in [5, 5.41) is 11.2. The molecular weight excluding hydrogens is 365 g/mol. The van der Waals surface area contributed by atoms with Gasteiger partial charge in [-0.05, 0) is 24.8 Å². The highest BCUT2D eigenvalue weighted by atomic mass is 35.5. The Labute approximate surface area is 155 Å². The fourth-order valence-corrected chi connectivity index (χ4v) is 3.22. The number of pyridine rings is 1. The molecule has 0 bridgehead atoms. The molecular formula is C18H17Cl2NO4. The Bertz CT molecular complexity index is 773. The molecule has 0 radical (unpaired) electrons. The summed E-state index contributed by atoms with van der Waals surface area (Å²) in [5.74, 6) is 0.121. The molecule has 0 aliphatic heterocycles. The average Bonchev–Trinajstić information content (AvgIpc) is 3.42. The number of halogens is 2. The summed E-state index contributed by atoms with van der Waals surface area (Å²) >= 11 is 12.3. The van der Waals surface area contributed by atoms with Crippen molar-refractivity contribution >= 4 is 29.5 Å². The number of aldehydes is 1. The minimum absolute atomic E-state index is 0.152. The average molecular weight is 382 g/mol. The van der Waals surface area contributed by atoms with Crippen LogP contribution >= 0.6 is 23.2 Å². The first kappa shape index (κ1) is 17.8. The van der Waals surface area contributed by atoms with Gasteiger partial charge in [-0.1, -0.05) is 29.3 Å². The number of carbonyl (C=O) groups excluding carboxylic acids is 1. The quantitative estimate of drug-likeness (QED) is 0.727. The molecule has 132 valence electrons. The van der Waals surface area contributed by atoms with Gasteiger partial charge in [-0.25, -0.2) is 0 Å². The van der Waals surface area contributed by atoms with E-state index in [2.05, 4.69) is 4.98 Å². The molecule has 1 heterocycles. The summed E-state index contributed by atoms with van der Waals surface area (Å²) in [4.78, 5) is 15.7. The monoisotopic (exact) mass is 381 g/mol. The van der Waals surface area contributed by atoms with Gasteiger partial charge in [0.1, 0.15) is 6.29 Å². The van der Waals surface area contributed by atoms with Gasteiger partial charge in [0.15, 0.2) is 11.5 Å². The Hall–Kier alpha value is -1.98. The number of phenols is 1. The first-order chi connectivity index (χ1) is 12.1. The van der Waals surface area contributed by atoms with Gasteiger partial charge in [-0.2, -0.15) is 0 Å². The van der Waals surface area contributed by atoms with E-state index in [0.29, 0.717) is 35.7 Å². The predicted octanol–water partition coefficient (Wildman–Crippen LogP) is 4.22. The number of hydrogen-bond acceptors (Lipinski definition) is 5. The number of ether oxygens (including phenoxy) is 2. The van der Waals surface area contributed by atoms with Crippen molar-refractivity contribution in [3.63, 3.8) is 0 Å². The Morgan fingerprint density at radius 1 is 1.32 bits per heavy atom. The molecule has 1 aliphatic rings. The molecule has 1 unspecified atom stereocenters. The molecule has 1 saturated carbocycles. The predicted molar refractivity (Wildman–Crippen MR) is 95.0 cm³/mol. The van der Waals surface area contributed by atoms with Crippen molar-refractivity contribution in [2.45, 2.75) is 18.8 Å². The standard InChI is InChI=1S/C18H17Cl2NO4/c1-24-15-5-4-11(17(23)18(15)25-9-10-2-3-10)12(8-22)16-13(19)6-21-7-14(16)20/h4-8,10,12,23H,2-3,9H2,1H3. The van der Waals surface area contributed by atoms with Crippen LogP contribution in [0.2, 0.25) is 10.0 Å². The third-order valence-electron chi connectivity index (χ3n) is 4.18. The molecule has 2 aromatic rings. The molecule has 1 fully saturated rings. The minimum atomic E-state index is -0.850. The Balaban J connectivity index is 2.05. The van der Waals surface area contributed by atoms with Crippen molar-refractivity contribution in [1.29, 1.82) is 0 Å². The molecule has 1 atom stereocenters. The number of rotatable bonds is 7. The first-order valence-electron chi connectivity index (χ1n) is 7.83. The number of hydrogen-bond donors (Lipinski definition) is 1. The Morgan fingerprint density at radius 3 is 2.56 bits per heavy atom. The molecule has 0 spiro atoms. The second kappa shape index (κ2) is 7.50. The lowest BCUT2D eigenvalue weighted by molar-refractivity contribution is -0.108. The minimum Gasteiger partial charge on any atom is -0.504 e. The molecule has 1 aromatic carbocycles. The summed E-state index contributed by atoms with van der Waals surface area (Å²) in [6.07, 6.45) is 5.72. The van der Waals surface area contributed by atoms with Crippen LogP contribution < -0.4 is 9.47 Å². The normalized spacial score (nSPS) is 14.8. The summed E-state index contributed by atoms with van der Waals surface area (Å²) in [6.45, 7) is 0.496. The molecule has 1 aromatic heterocycles. The second-order valence-electron chi connectivity index (χ2n) is 5.92. The Morgan fingerprint density at radius 2 is 2.00 bits per heavy atom. The molecule has 3 rings (SSSR count). The zero-order chi connectivity index (χ0) is 18.0. The highest BCUT2D eigenvalue weighted by Gasteiger charge is 2.28. The van der Waals surface area contributed by atoms with E-state index in [4.69, 9.17) is 32.7 Å². The highest BCUT2D eigenvalue weighted by Crippen LogP contribution is 2.45. The largest absolute Gasteiger partial charge is 0.504 e. The van der Waals surface area contributed by atoms with Crippen LogP contribution in [0.3, 0.4) is 0 Å². The van der Waals surface area contributed by atoms with E-state index in [-0.39, 0.29) is 21.5 Å². The molecule has 1 aliphatic carbocycles. The number of benzene rings is 1. The highest BCUT2D eigenvalue weighted by molar-refractivity contribution is 6.36. The van der Waals surface area contributed by atoms with Crippen LogP contribution in [0, 0.1) is 5.92 Å². The summed E-state index contributed by atoms with van der Waals surface area (Å²) < 4.78 is 11.0. The van der Waals surface area contributed by atoms with Crippen LogP contribution in [0.15, 0.2) is 24.5 Å². The van der Waals surface area contributed by atoms with Crippen LogP contribution in [-0.4, -0.2) is 30.1 Å². The van der Waals surface area contributed by atoms with Crippen molar-refractivity contribution in [2.75, 3.05) is 13.7 Å². The van der Waals surface area contributed by atoms with E-state index >= 15 is 0 Å². The number of carbonyl (C=O) groups is 1. The molecule has 25 heavy (non-hydrogen) atoms. The number of aromatic hydroxyl groups is 1. The van der Waals surface area contributed by atoms with E-state index in [1.54, 1.807) is 12.1 Å². The maximum atomic E-state index is 11.8. The van der Waals surface area contributed by atoms with Crippen molar-refractivity contribution < 1.29 is 19.4 Å². The van der Waals surface area contributed by atoms with Crippen molar-refractivity contribution in [2.24, 2.45) is 5.92 Å². The summed E-state index contributed by atoms with van der Waals surface area (Å²) in [5.41, 5.74) is 0.735. The Kier molecular flexibility index (Phi) is 5.35. The number of methoxy groups -OCH3 is 1. The second-order valence-corrected chi connectivity index (χ2v) is 6.73. The lowest BCUT2D eigenvalue weighted by Gasteiger charge is -2.19. The van der Waals surface area contributed by atoms with E-state index < -0.39 is 5.92 Å². The van der Waals surface area contributed by atoms with Gasteiger partial charge in [0.05, 0.1) is 29.7 Å². The lowest BCUT2D eigenvalue weighted by atomic mass is 9.92. The van der Waals surface area contributed by atoms with Crippen LogP contribution in [0.25, 0.3) is 0 Å². The summed E-state index contributed by atoms with van der Waals surface area (Å²) in [6, 6.07) is 3.25. The van der Waals surface area contributed by atoms with Crippen LogP contribution in [0.5, 0.6) is 17.2 Å². The van der Waals surface area contributed by atoms with Crippen LogP contribution in [0.4, 0.5) is 0 Å². The smallest absolute Gasteiger partial charge is 0.203 e. The van der Waals surface area contributed by atoms with Crippen LogP contribution in [0.1, 0.15) is 29.9 Å². The zero-order valence-corrected chi connectivity index (χ0v) is 15.0. The summed E-state index contributed by atoms with van der Waals surface area (Å²) in [7, 11) is 1.49. The van der Waals surface area contributed by atoms with E-state index in [0.717, 1.165) is 12.8 Å². The van der Waals surface area contributed by atoms with Gasteiger partial charge >= 0.3 is 0 Å². The van der Waals surface area contributed by atoms with Crippen molar-refractivity contribution in [3.05, 3.63) is 45.7 Å². The fourth-order valence-electron chi connectivity index (χ4n) is 2.62. The number of nitrogens with zero attached hydrogens (tertiary/aromatic N) is 1. The topological polar surface area (TPSA) is 68.7 Å². The van der Waals surface area contributed by atoms with Gasteiger partial charge in [0.25, 0.3) is 0 Å². The van der Waals surface area contributed by atoms with Gasteiger partial charge in [0, 0.05) is 23.5 Å². The van der Waals surface area contributed by atoms with Crippen LogP contribution in [-0.2, 0) is 4.79 Å². The SMILES string of the molecule is COc1ccc(C(C=O)c2c(Cl)cncc2Cl)c(O)c1OCC1CC1. The fraction of sp³-hybridized carbons (Fsp3) is 0.333. The van der Waals surface area contributed by atoms with E-state index in [9.17, 15) is 9.90 Å². The van der Waals surface area contributed by atoms with Crippen molar-refractivity contribution in [3.8, 4) is 17.2 Å². The molecule has 0 amide bonds. The zero-order valence-electron chi connectivity index (χ0n) is 13.5. The third kappa shape index (κ3) is 3.67. The lowest BCUT2D eigenvalue weighted by Crippen LogP contribution is -2.07. The van der Waals surface area contributed by atoms with Gasteiger partial charge in [-0.15, -0.1) is 0 Å². The molecule has 1 N–H and O–H groups in total. The first-order valence-corrected chi connectivity index (χ1v) is 8.59.